The molecule has 1 rings (SSSR count). The molecule has 0 unspecified atom stereocenters. The summed E-state index contributed by atoms with van der Waals surface area (Å²) in [6.45, 7) is 0.125. The molecule has 0 aliphatic carbocycles. The van der Waals surface area contributed by atoms with E-state index in [0.717, 1.165) is 5.56 Å². The summed E-state index contributed by atoms with van der Waals surface area (Å²) in [6, 6.07) is 9.13. The van der Waals surface area contributed by atoms with Gasteiger partial charge in [0, 0.05) is 0 Å². The zero-order valence-corrected chi connectivity index (χ0v) is 10.3. The number of rotatable bonds is 3. The summed E-state index contributed by atoms with van der Waals surface area (Å²) in [6.07, 6.45) is 0. The standard InChI is InChI=1S/C7H7O3P.Zn/c8-11(9)10-6-7-4-2-1-3-5-7;/h1-5H,6H2;/q-2;+2. The van der Waals surface area contributed by atoms with Crippen molar-refractivity contribution in [2.24, 2.45) is 0 Å². The van der Waals surface area contributed by atoms with Crippen LogP contribution in [0.4, 0.5) is 0 Å². The van der Waals surface area contributed by atoms with E-state index in [1.807, 2.05) is 18.2 Å². The predicted molar refractivity (Wildman–Crippen MR) is 38.2 cm³/mol. The largest absolute Gasteiger partial charge is 2.00 e. The van der Waals surface area contributed by atoms with Gasteiger partial charge in [0.25, 0.3) is 0 Å². The molecule has 0 aliphatic rings. The minimum absolute atomic E-state index is 0. The number of hydrogen-bond acceptors (Lipinski definition) is 3. The first kappa shape index (κ1) is 12.2. The molecule has 0 saturated heterocycles. The molecular formula is C7H7O3PZn. The summed E-state index contributed by atoms with van der Waals surface area (Å²) >= 11 is 0. The summed E-state index contributed by atoms with van der Waals surface area (Å²) in [5.41, 5.74) is 0.853. The van der Waals surface area contributed by atoms with Gasteiger partial charge in [-0.2, -0.15) is 8.60 Å². The third kappa shape index (κ3) is 4.92. The Morgan fingerprint density at radius 1 is 1.17 bits per heavy atom. The Bertz CT molecular complexity index is 205. The van der Waals surface area contributed by atoms with E-state index in [2.05, 4.69) is 4.52 Å². The fourth-order valence-corrected chi connectivity index (χ4v) is 0.956. The van der Waals surface area contributed by atoms with E-state index < -0.39 is 8.60 Å². The number of hydrogen-bond donors (Lipinski definition) is 0. The van der Waals surface area contributed by atoms with Gasteiger partial charge < -0.3 is 14.3 Å². The quantitative estimate of drug-likeness (QED) is 0.553. The van der Waals surface area contributed by atoms with Gasteiger partial charge in [0.2, 0.25) is 0 Å². The van der Waals surface area contributed by atoms with Gasteiger partial charge in [-0.05, 0) is 5.56 Å². The number of benzene rings is 1. The van der Waals surface area contributed by atoms with Crippen molar-refractivity contribution in [3.8, 4) is 0 Å². The Morgan fingerprint density at radius 3 is 2.25 bits per heavy atom. The van der Waals surface area contributed by atoms with E-state index in [1.165, 1.54) is 0 Å². The molecule has 0 bridgehead atoms. The molecule has 0 aromatic heterocycles. The van der Waals surface area contributed by atoms with Gasteiger partial charge in [-0.3, -0.25) is 0 Å². The molecule has 1 aromatic rings. The van der Waals surface area contributed by atoms with Gasteiger partial charge in [0.1, 0.15) is 0 Å². The van der Waals surface area contributed by atoms with E-state index in [1.54, 1.807) is 12.1 Å². The topological polar surface area (TPSA) is 55.3 Å². The SMILES string of the molecule is [O-]P([O-])OCc1ccccc1.[Zn+2]. The smallest absolute Gasteiger partial charge is 0.820 e. The van der Waals surface area contributed by atoms with Crippen molar-refractivity contribution in [1.82, 2.24) is 0 Å². The van der Waals surface area contributed by atoms with E-state index in [4.69, 9.17) is 0 Å². The third-order valence-electron chi connectivity index (χ3n) is 1.18. The third-order valence-corrected chi connectivity index (χ3v) is 1.52. The van der Waals surface area contributed by atoms with Crippen molar-refractivity contribution in [2.75, 3.05) is 0 Å². The normalized spacial score (nSPS) is 9.58. The van der Waals surface area contributed by atoms with Crippen LogP contribution in [-0.4, -0.2) is 0 Å². The Kier molecular flexibility index (Phi) is 6.73. The van der Waals surface area contributed by atoms with Gasteiger partial charge in [-0.15, -0.1) is 0 Å². The van der Waals surface area contributed by atoms with Crippen LogP contribution in [0.2, 0.25) is 0 Å². The van der Waals surface area contributed by atoms with Crippen LogP contribution < -0.4 is 9.79 Å². The second kappa shape index (κ2) is 6.65. The molecule has 0 N–H and O–H groups in total. The van der Waals surface area contributed by atoms with Crippen LogP contribution >= 0.6 is 8.60 Å². The Morgan fingerprint density at radius 2 is 1.75 bits per heavy atom. The van der Waals surface area contributed by atoms with Crippen molar-refractivity contribution < 1.29 is 33.8 Å². The molecular weight excluding hydrogens is 228 g/mol. The van der Waals surface area contributed by atoms with E-state index in [9.17, 15) is 9.79 Å². The van der Waals surface area contributed by atoms with Gasteiger partial charge in [-0.25, -0.2) is 0 Å². The molecule has 12 heavy (non-hydrogen) atoms. The van der Waals surface area contributed by atoms with Gasteiger partial charge in [-0.1, -0.05) is 30.3 Å². The monoisotopic (exact) mass is 234 g/mol. The zero-order chi connectivity index (χ0) is 8.10. The van der Waals surface area contributed by atoms with Gasteiger partial charge in [0.05, 0.1) is 6.61 Å². The second-order valence-corrected chi connectivity index (χ2v) is 2.69. The molecule has 0 fully saturated rings. The molecule has 0 atom stereocenters. The summed E-state index contributed by atoms with van der Waals surface area (Å²) in [5, 5.41) is 0. The van der Waals surface area contributed by atoms with Crippen molar-refractivity contribution in [3.63, 3.8) is 0 Å². The molecule has 0 heterocycles. The van der Waals surface area contributed by atoms with E-state index in [0.29, 0.717) is 0 Å². The van der Waals surface area contributed by atoms with Crippen LogP contribution in [-0.2, 0) is 30.6 Å². The summed E-state index contributed by atoms with van der Waals surface area (Å²) < 4.78 is 4.38. The summed E-state index contributed by atoms with van der Waals surface area (Å²) in [7, 11) is -2.72. The van der Waals surface area contributed by atoms with Crippen molar-refractivity contribution >= 4 is 8.60 Å². The molecule has 0 spiro atoms. The van der Waals surface area contributed by atoms with Crippen LogP contribution in [0.15, 0.2) is 30.3 Å². The fourth-order valence-electron chi connectivity index (χ4n) is 0.701. The average Bonchev–Trinajstić information content (AvgIpc) is 2.03. The summed E-state index contributed by atoms with van der Waals surface area (Å²) in [4.78, 5) is 20.0. The first-order valence-electron chi connectivity index (χ1n) is 3.10. The van der Waals surface area contributed by atoms with Crippen LogP contribution in [0.25, 0.3) is 0 Å². The first-order chi connectivity index (χ1) is 5.29. The van der Waals surface area contributed by atoms with Crippen LogP contribution in [0.1, 0.15) is 5.56 Å². The van der Waals surface area contributed by atoms with Crippen LogP contribution in [0, 0.1) is 0 Å². The maximum absolute atomic E-state index is 9.99. The minimum Gasteiger partial charge on any atom is -0.820 e. The molecule has 0 aliphatic heterocycles. The Hall–Kier alpha value is 0.153. The zero-order valence-electron chi connectivity index (χ0n) is 6.47. The van der Waals surface area contributed by atoms with E-state index >= 15 is 0 Å². The van der Waals surface area contributed by atoms with Crippen LogP contribution in [0.3, 0.4) is 0 Å². The molecule has 1 aromatic carbocycles. The van der Waals surface area contributed by atoms with E-state index in [-0.39, 0.29) is 26.1 Å². The Labute approximate surface area is 85.1 Å². The minimum atomic E-state index is -2.72. The van der Waals surface area contributed by atoms with Crippen molar-refractivity contribution in [1.29, 1.82) is 0 Å². The fraction of sp³-hybridized carbons (Fsp3) is 0.143. The predicted octanol–water partition coefficient (Wildman–Crippen LogP) is 0.148. The average molecular weight is 235 g/mol. The second-order valence-electron chi connectivity index (χ2n) is 1.98. The summed E-state index contributed by atoms with van der Waals surface area (Å²) in [5.74, 6) is 0. The molecule has 5 heteroatoms. The maximum atomic E-state index is 9.99. The van der Waals surface area contributed by atoms with Gasteiger partial charge in [0.15, 0.2) is 0 Å². The molecule has 0 saturated carbocycles. The van der Waals surface area contributed by atoms with Crippen LogP contribution in [0.5, 0.6) is 0 Å². The first-order valence-corrected chi connectivity index (χ1v) is 4.20. The van der Waals surface area contributed by atoms with Crippen molar-refractivity contribution in [2.45, 2.75) is 6.61 Å². The Balaban J connectivity index is 0.00000121. The van der Waals surface area contributed by atoms with Gasteiger partial charge >= 0.3 is 19.5 Å². The molecule has 0 amide bonds. The molecule has 0 radical (unpaired) electrons. The van der Waals surface area contributed by atoms with Crippen molar-refractivity contribution in [3.05, 3.63) is 35.9 Å². The molecule has 3 nitrogen and oxygen atoms in total. The maximum Gasteiger partial charge on any atom is 2.00 e. The molecule has 60 valence electrons.